The van der Waals surface area contributed by atoms with Gasteiger partial charge in [-0.05, 0) is 52.0 Å². The molecule has 1 aromatic carbocycles. The molecule has 0 unspecified atom stereocenters. The standard InChI is InChI=1S/C16H22N4O2/c1-11-17-12(2)20(18-11)14-8-6-13(7-9-14)15(21)19(5)10-16(3,4)22/h6-9,22H,10H2,1-5H3. The molecule has 0 aliphatic carbocycles. The maximum atomic E-state index is 12.3. The van der Waals surface area contributed by atoms with Crippen LogP contribution in [-0.2, 0) is 0 Å². The van der Waals surface area contributed by atoms with E-state index in [4.69, 9.17) is 0 Å². The van der Waals surface area contributed by atoms with Gasteiger partial charge in [0.25, 0.3) is 5.91 Å². The topological polar surface area (TPSA) is 71.2 Å². The number of likely N-dealkylation sites (N-methyl/N-ethyl adjacent to an activating group) is 1. The predicted molar refractivity (Wildman–Crippen MR) is 84.1 cm³/mol. The largest absolute Gasteiger partial charge is 0.389 e. The molecule has 0 saturated carbocycles. The highest BCUT2D eigenvalue weighted by atomic mass is 16.3. The third kappa shape index (κ3) is 3.71. The van der Waals surface area contributed by atoms with Crippen molar-refractivity contribution in [3.8, 4) is 5.69 Å². The minimum atomic E-state index is -0.917. The second-order valence-corrected chi connectivity index (χ2v) is 6.14. The van der Waals surface area contributed by atoms with Crippen LogP contribution >= 0.6 is 0 Å². The molecule has 0 spiro atoms. The van der Waals surface area contributed by atoms with E-state index in [9.17, 15) is 9.90 Å². The summed E-state index contributed by atoms with van der Waals surface area (Å²) in [4.78, 5) is 18.1. The second kappa shape index (κ2) is 5.88. The number of carbonyl (C=O) groups excluding carboxylic acids is 1. The molecule has 0 fully saturated rings. The van der Waals surface area contributed by atoms with E-state index in [1.165, 1.54) is 4.90 Å². The minimum Gasteiger partial charge on any atom is -0.389 e. The molecule has 2 aromatic rings. The molecule has 22 heavy (non-hydrogen) atoms. The monoisotopic (exact) mass is 302 g/mol. The first-order valence-electron chi connectivity index (χ1n) is 7.16. The number of aryl methyl sites for hydroxylation is 2. The van der Waals surface area contributed by atoms with E-state index in [2.05, 4.69) is 10.1 Å². The maximum Gasteiger partial charge on any atom is 0.253 e. The Balaban J connectivity index is 2.18. The fraction of sp³-hybridized carbons (Fsp3) is 0.438. The lowest BCUT2D eigenvalue weighted by Crippen LogP contribution is -2.39. The molecule has 0 bridgehead atoms. The molecule has 0 saturated heterocycles. The van der Waals surface area contributed by atoms with Gasteiger partial charge in [-0.3, -0.25) is 4.79 Å². The van der Waals surface area contributed by atoms with Crippen LogP contribution in [0.5, 0.6) is 0 Å². The molecule has 6 nitrogen and oxygen atoms in total. The van der Waals surface area contributed by atoms with Crippen LogP contribution in [0, 0.1) is 13.8 Å². The van der Waals surface area contributed by atoms with E-state index in [-0.39, 0.29) is 12.5 Å². The van der Waals surface area contributed by atoms with Crippen molar-refractivity contribution in [3.05, 3.63) is 41.5 Å². The molecule has 0 aliphatic heterocycles. The number of hydrogen-bond donors (Lipinski definition) is 1. The summed E-state index contributed by atoms with van der Waals surface area (Å²) in [5.74, 6) is 1.39. The lowest BCUT2D eigenvalue weighted by molar-refractivity contribution is 0.0368. The molecule has 0 radical (unpaired) electrons. The lowest BCUT2D eigenvalue weighted by atomic mass is 10.1. The molecule has 1 N–H and O–H groups in total. The van der Waals surface area contributed by atoms with Crippen molar-refractivity contribution < 1.29 is 9.90 Å². The first-order valence-corrected chi connectivity index (χ1v) is 7.16. The summed E-state index contributed by atoms with van der Waals surface area (Å²) in [5.41, 5.74) is 0.518. The van der Waals surface area contributed by atoms with E-state index < -0.39 is 5.60 Å². The Morgan fingerprint density at radius 2 is 1.86 bits per heavy atom. The summed E-state index contributed by atoms with van der Waals surface area (Å²) in [6.07, 6.45) is 0. The SMILES string of the molecule is Cc1nc(C)n(-c2ccc(C(=O)N(C)CC(C)(C)O)cc2)n1. The predicted octanol–water partition coefficient (Wildman–Crippen LogP) is 1.73. The zero-order chi connectivity index (χ0) is 16.5. The van der Waals surface area contributed by atoms with Gasteiger partial charge in [0.2, 0.25) is 0 Å². The van der Waals surface area contributed by atoms with Gasteiger partial charge < -0.3 is 10.0 Å². The Morgan fingerprint density at radius 1 is 1.27 bits per heavy atom. The van der Waals surface area contributed by atoms with Crippen LogP contribution in [0.2, 0.25) is 0 Å². The Hall–Kier alpha value is -2.21. The quantitative estimate of drug-likeness (QED) is 0.933. The summed E-state index contributed by atoms with van der Waals surface area (Å²) >= 11 is 0. The summed E-state index contributed by atoms with van der Waals surface area (Å²) in [7, 11) is 1.68. The van der Waals surface area contributed by atoms with Crippen LogP contribution in [-0.4, -0.2) is 49.9 Å². The van der Waals surface area contributed by atoms with E-state index in [0.29, 0.717) is 11.4 Å². The molecule has 1 heterocycles. The zero-order valence-corrected chi connectivity index (χ0v) is 13.7. The molecule has 118 valence electrons. The number of carbonyl (C=O) groups is 1. The van der Waals surface area contributed by atoms with Crippen LogP contribution in [0.4, 0.5) is 0 Å². The van der Waals surface area contributed by atoms with Crippen molar-refractivity contribution in [2.24, 2.45) is 0 Å². The van der Waals surface area contributed by atoms with Crippen LogP contribution in [0.1, 0.15) is 35.9 Å². The average Bonchev–Trinajstić information content (AvgIpc) is 2.75. The third-order valence-corrected chi connectivity index (χ3v) is 3.20. The Labute approximate surface area is 130 Å². The van der Waals surface area contributed by atoms with E-state index in [1.54, 1.807) is 37.7 Å². The Kier molecular flexibility index (Phi) is 4.32. The molecule has 1 aromatic heterocycles. The van der Waals surface area contributed by atoms with Gasteiger partial charge in [0.05, 0.1) is 11.3 Å². The number of nitrogens with zero attached hydrogens (tertiary/aromatic N) is 4. The number of aliphatic hydroxyl groups is 1. The van der Waals surface area contributed by atoms with Crippen molar-refractivity contribution in [3.63, 3.8) is 0 Å². The summed E-state index contributed by atoms with van der Waals surface area (Å²) < 4.78 is 1.74. The number of hydrogen-bond acceptors (Lipinski definition) is 4. The fourth-order valence-corrected chi connectivity index (χ4v) is 2.38. The first kappa shape index (κ1) is 16.2. The molecule has 1 amide bonds. The van der Waals surface area contributed by atoms with Gasteiger partial charge >= 0.3 is 0 Å². The molecule has 0 atom stereocenters. The van der Waals surface area contributed by atoms with Gasteiger partial charge in [0.1, 0.15) is 11.6 Å². The van der Waals surface area contributed by atoms with Crippen molar-refractivity contribution in [2.45, 2.75) is 33.3 Å². The van der Waals surface area contributed by atoms with Crippen molar-refractivity contribution in [2.75, 3.05) is 13.6 Å². The smallest absolute Gasteiger partial charge is 0.253 e. The summed E-state index contributed by atoms with van der Waals surface area (Å²) in [6.45, 7) is 7.35. The highest BCUT2D eigenvalue weighted by Crippen LogP contribution is 2.13. The van der Waals surface area contributed by atoms with Crippen molar-refractivity contribution in [1.82, 2.24) is 19.7 Å². The third-order valence-electron chi connectivity index (χ3n) is 3.20. The summed E-state index contributed by atoms with van der Waals surface area (Å²) in [5, 5.41) is 14.1. The van der Waals surface area contributed by atoms with Crippen LogP contribution < -0.4 is 0 Å². The van der Waals surface area contributed by atoms with Crippen LogP contribution in [0.3, 0.4) is 0 Å². The van der Waals surface area contributed by atoms with Gasteiger partial charge in [-0.25, -0.2) is 9.67 Å². The maximum absolute atomic E-state index is 12.3. The highest BCUT2D eigenvalue weighted by Gasteiger charge is 2.20. The number of amides is 1. The Morgan fingerprint density at radius 3 is 2.32 bits per heavy atom. The highest BCUT2D eigenvalue weighted by molar-refractivity contribution is 5.94. The van der Waals surface area contributed by atoms with Gasteiger partial charge in [0.15, 0.2) is 0 Å². The van der Waals surface area contributed by atoms with Gasteiger partial charge in [-0.2, -0.15) is 5.10 Å². The molecule has 6 heteroatoms. The van der Waals surface area contributed by atoms with Gasteiger partial charge in [0, 0.05) is 19.2 Å². The zero-order valence-electron chi connectivity index (χ0n) is 13.7. The van der Waals surface area contributed by atoms with E-state index in [0.717, 1.165) is 11.5 Å². The van der Waals surface area contributed by atoms with E-state index >= 15 is 0 Å². The number of rotatable bonds is 4. The lowest BCUT2D eigenvalue weighted by Gasteiger charge is -2.25. The fourth-order valence-electron chi connectivity index (χ4n) is 2.38. The normalized spacial score (nSPS) is 11.5. The first-order chi connectivity index (χ1) is 10.2. The minimum absolute atomic E-state index is 0.125. The summed E-state index contributed by atoms with van der Waals surface area (Å²) in [6, 6.07) is 7.20. The van der Waals surface area contributed by atoms with Crippen molar-refractivity contribution in [1.29, 1.82) is 0 Å². The molecule has 0 aliphatic rings. The molecular weight excluding hydrogens is 280 g/mol. The number of benzene rings is 1. The molecule has 2 rings (SSSR count). The van der Waals surface area contributed by atoms with Gasteiger partial charge in [-0.1, -0.05) is 0 Å². The van der Waals surface area contributed by atoms with Crippen LogP contribution in [0.25, 0.3) is 5.69 Å². The van der Waals surface area contributed by atoms with Crippen LogP contribution in [0.15, 0.2) is 24.3 Å². The van der Waals surface area contributed by atoms with Crippen molar-refractivity contribution >= 4 is 5.91 Å². The molecular formula is C16H22N4O2. The second-order valence-electron chi connectivity index (χ2n) is 6.14. The van der Waals surface area contributed by atoms with Gasteiger partial charge in [-0.15, -0.1) is 0 Å². The van der Waals surface area contributed by atoms with E-state index in [1.807, 2.05) is 26.0 Å². The average molecular weight is 302 g/mol. The number of aromatic nitrogens is 3. The Bertz CT molecular complexity index is 668.